The number of aromatic nitrogens is 3. The van der Waals surface area contributed by atoms with Gasteiger partial charge in [-0.2, -0.15) is 5.10 Å². The summed E-state index contributed by atoms with van der Waals surface area (Å²) < 4.78 is 2.25. The Morgan fingerprint density at radius 3 is 2.57 bits per heavy atom. The molecule has 0 saturated carbocycles. The van der Waals surface area contributed by atoms with Crippen LogP contribution in [-0.4, -0.2) is 14.8 Å². The second kappa shape index (κ2) is 5.64. The molecule has 3 nitrogen and oxygen atoms in total. The summed E-state index contributed by atoms with van der Waals surface area (Å²) in [7, 11) is 0. The van der Waals surface area contributed by atoms with Crippen molar-refractivity contribution in [3.63, 3.8) is 0 Å². The lowest BCUT2D eigenvalue weighted by Crippen LogP contribution is -1.99. The maximum absolute atomic E-state index is 6.34. The molecule has 1 heterocycles. The van der Waals surface area contributed by atoms with Crippen LogP contribution in [0.25, 0.3) is 17.1 Å². The van der Waals surface area contributed by atoms with E-state index in [-0.39, 0.29) is 0 Å². The number of hydrogen-bond acceptors (Lipinski definition) is 2. The average Bonchev–Trinajstić information content (AvgIpc) is 2.81. The molecule has 1 N–H and O–H groups in total. The normalized spacial score (nSPS) is 10.8. The van der Waals surface area contributed by atoms with E-state index in [1.165, 1.54) is 0 Å². The molecular weight excluding hydrogens is 325 g/mol. The lowest BCUT2D eigenvalue weighted by molar-refractivity contribution is 1.04. The molecule has 0 saturated heterocycles. The largest absolute Gasteiger partial charge is 0.267 e. The molecule has 0 amide bonds. The summed E-state index contributed by atoms with van der Waals surface area (Å²) in [4.78, 5) is 0. The molecule has 6 heteroatoms. The van der Waals surface area contributed by atoms with Gasteiger partial charge in [-0.25, -0.2) is 0 Å². The van der Waals surface area contributed by atoms with Crippen LogP contribution in [-0.2, 0) is 0 Å². The monoisotopic (exact) mass is 335 g/mol. The molecule has 3 rings (SSSR count). The van der Waals surface area contributed by atoms with Crippen LogP contribution in [0.2, 0.25) is 10.0 Å². The summed E-state index contributed by atoms with van der Waals surface area (Å²) in [6, 6.07) is 13.3. The molecule has 0 unspecified atom stereocenters. The molecule has 0 bridgehead atoms. The van der Waals surface area contributed by atoms with Crippen molar-refractivity contribution in [3.8, 4) is 17.1 Å². The van der Waals surface area contributed by atoms with Gasteiger partial charge in [0.2, 0.25) is 0 Å². The van der Waals surface area contributed by atoms with Crippen LogP contribution in [0.4, 0.5) is 0 Å². The van der Waals surface area contributed by atoms with Crippen molar-refractivity contribution in [2.45, 2.75) is 6.92 Å². The first kappa shape index (κ1) is 14.3. The van der Waals surface area contributed by atoms with E-state index in [1.807, 2.05) is 49.4 Å². The van der Waals surface area contributed by atoms with E-state index in [0.29, 0.717) is 20.6 Å². The summed E-state index contributed by atoms with van der Waals surface area (Å²) >= 11 is 17.9. The Morgan fingerprint density at radius 1 is 1.10 bits per heavy atom. The van der Waals surface area contributed by atoms with E-state index < -0.39 is 0 Å². The number of rotatable bonds is 2. The van der Waals surface area contributed by atoms with Crippen LogP contribution in [0.15, 0.2) is 42.5 Å². The van der Waals surface area contributed by atoms with E-state index >= 15 is 0 Å². The van der Waals surface area contributed by atoms with E-state index in [2.05, 4.69) is 10.2 Å². The predicted octanol–water partition coefficient (Wildman–Crippen LogP) is 5.21. The molecule has 106 valence electrons. The van der Waals surface area contributed by atoms with Gasteiger partial charge in [-0.3, -0.25) is 9.67 Å². The van der Waals surface area contributed by atoms with Crippen molar-refractivity contribution < 1.29 is 0 Å². The number of nitrogens with zero attached hydrogens (tertiary/aromatic N) is 2. The van der Waals surface area contributed by atoms with Crippen LogP contribution in [0.3, 0.4) is 0 Å². The Bertz CT molecular complexity index is 867. The van der Waals surface area contributed by atoms with Crippen molar-refractivity contribution in [1.29, 1.82) is 0 Å². The maximum atomic E-state index is 6.34. The maximum Gasteiger partial charge on any atom is 0.200 e. The highest BCUT2D eigenvalue weighted by Crippen LogP contribution is 2.31. The molecule has 0 radical (unpaired) electrons. The minimum Gasteiger partial charge on any atom is -0.267 e. The first-order valence-electron chi connectivity index (χ1n) is 6.27. The van der Waals surface area contributed by atoms with Crippen molar-refractivity contribution in [2.24, 2.45) is 0 Å². The van der Waals surface area contributed by atoms with Gasteiger partial charge < -0.3 is 0 Å². The number of benzene rings is 2. The molecule has 21 heavy (non-hydrogen) atoms. The lowest BCUT2D eigenvalue weighted by Gasteiger charge is -2.10. The summed E-state index contributed by atoms with van der Waals surface area (Å²) in [5, 5.41) is 8.32. The average molecular weight is 336 g/mol. The molecule has 0 aliphatic carbocycles. The van der Waals surface area contributed by atoms with Gasteiger partial charge in [-0.15, -0.1) is 0 Å². The third kappa shape index (κ3) is 2.62. The first-order chi connectivity index (χ1) is 10.1. The van der Waals surface area contributed by atoms with E-state index in [0.717, 1.165) is 16.8 Å². The quantitative estimate of drug-likeness (QED) is 0.652. The van der Waals surface area contributed by atoms with Crippen LogP contribution < -0.4 is 0 Å². The third-order valence-electron chi connectivity index (χ3n) is 3.13. The highest BCUT2D eigenvalue weighted by atomic mass is 35.5. The fourth-order valence-electron chi connectivity index (χ4n) is 2.14. The molecule has 0 spiro atoms. The second-order valence-corrected chi connectivity index (χ2v) is 5.82. The van der Waals surface area contributed by atoms with Gasteiger partial charge >= 0.3 is 0 Å². The third-order valence-corrected chi connectivity index (χ3v) is 4.04. The van der Waals surface area contributed by atoms with Crippen molar-refractivity contribution in [2.75, 3.05) is 0 Å². The van der Waals surface area contributed by atoms with E-state index in [4.69, 9.17) is 35.4 Å². The fraction of sp³-hybridized carbons (Fsp3) is 0.0667. The van der Waals surface area contributed by atoms with Gasteiger partial charge in [-0.05, 0) is 49.0 Å². The molecule has 0 aliphatic rings. The number of para-hydroxylation sites is 1. The van der Waals surface area contributed by atoms with Gasteiger partial charge in [-0.1, -0.05) is 41.4 Å². The summed E-state index contributed by atoms with van der Waals surface area (Å²) in [5.41, 5.74) is 2.65. The van der Waals surface area contributed by atoms with Crippen LogP contribution in [0.5, 0.6) is 0 Å². The first-order valence-corrected chi connectivity index (χ1v) is 7.43. The predicted molar refractivity (Wildman–Crippen MR) is 88.9 cm³/mol. The number of aryl methyl sites for hydroxylation is 1. The Morgan fingerprint density at radius 2 is 1.86 bits per heavy atom. The van der Waals surface area contributed by atoms with Crippen LogP contribution in [0, 0.1) is 11.7 Å². The summed E-state index contributed by atoms with van der Waals surface area (Å²) in [5.74, 6) is 0.637. The van der Waals surface area contributed by atoms with Crippen LogP contribution in [0.1, 0.15) is 5.56 Å². The molecular formula is C15H11Cl2N3S. The Hall–Kier alpha value is -1.62. The zero-order chi connectivity index (χ0) is 15.0. The zero-order valence-corrected chi connectivity index (χ0v) is 13.4. The van der Waals surface area contributed by atoms with Crippen molar-refractivity contribution in [1.82, 2.24) is 14.8 Å². The second-order valence-electron chi connectivity index (χ2n) is 4.62. The topological polar surface area (TPSA) is 33.6 Å². The minimum absolute atomic E-state index is 0.467. The number of aromatic amines is 1. The van der Waals surface area contributed by atoms with Crippen molar-refractivity contribution >= 4 is 35.4 Å². The van der Waals surface area contributed by atoms with Gasteiger partial charge in [0.1, 0.15) is 0 Å². The van der Waals surface area contributed by atoms with Crippen molar-refractivity contribution in [3.05, 3.63) is 62.8 Å². The Balaban J connectivity index is 2.27. The molecule has 0 aliphatic heterocycles. The number of nitrogens with one attached hydrogen (secondary N) is 1. The summed E-state index contributed by atoms with van der Waals surface area (Å²) in [6.45, 7) is 1.99. The molecule has 3 aromatic rings. The zero-order valence-electron chi connectivity index (χ0n) is 11.1. The van der Waals surface area contributed by atoms with E-state index in [1.54, 1.807) is 4.57 Å². The molecule has 0 fully saturated rings. The molecule has 1 aromatic heterocycles. The molecule has 0 atom stereocenters. The number of H-pyrrole nitrogens is 1. The minimum atomic E-state index is 0.467. The highest BCUT2D eigenvalue weighted by molar-refractivity contribution is 7.71. The molecule has 2 aromatic carbocycles. The Labute approximate surface area is 137 Å². The van der Waals surface area contributed by atoms with Crippen LogP contribution >= 0.6 is 35.4 Å². The SMILES string of the molecule is Cc1ccc(-c2n[nH]c(=S)n2-c2ccccc2Cl)c(Cl)c1. The van der Waals surface area contributed by atoms with Gasteiger partial charge in [0, 0.05) is 5.56 Å². The Kier molecular flexibility index (Phi) is 3.85. The smallest absolute Gasteiger partial charge is 0.200 e. The standard InChI is InChI=1S/C15H11Cl2N3S/c1-9-6-7-10(12(17)8-9)14-18-19-15(21)20(14)13-5-3-2-4-11(13)16/h2-8H,1H3,(H,19,21). The van der Waals surface area contributed by atoms with Gasteiger partial charge in [0.15, 0.2) is 10.6 Å². The van der Waals surface area contributed by atoms with Gasteiger partial charge in [0.05, 0.1) is 15.7 Å². The van der Waals surface area contributed by atoms with Gasteiger partial charge in [0.25, 0.3) is 0 Å². The highest BCUT2D eigenvalue weighted by Gasteiger charge is 2.15. The fourth-order valence-corrected chi connectivity index (χ4v) is 2.91. The summed E-state index contributed by atoms with van der Waals surface area (Å²) in [6.07, 6.45) is 0. The number of halogens is 2. The lowest BCUT2D eigenvalue weighted by atomic mass is 10.1. The number of hydrogen-bond donors (Lipinski definition) is 1. The van der Waals surface area contributed by atoms with E-state index in [9.17, 15) is 0 Å².